The van der Waals surface area contributed by atoms with E-state index in [9.17, 15) is 8.42 Å². The Balaban J connectivity index is 2.55. The lowest BCUT2D eigenvalue weighted by atomic mass is 9.90. The van der Waals surface area contributed by atoms with Gasteiger partial charge in [-0.15, -0.1) is 0 Å². The smallest absolute Gasteiger partial charge is 0.175 e. The molecule has 18 heavy (non-hydrogen) atoms. The van der Waals surface area contributed by atoms with Crippen molar-refractivity contribution in [2.45, 2.75) is 25.2 Å². The summed E-state index contributed by atoms with van der Waals surface area (Å²) in [6, 6.07) is 6.45. The monoisotopic (exact) mass is 271 g/mol. The summed E-state index contributed by atoms with van der Waals surface area (Å²) in [5.41, 5.74) is 5.69. The third-order valence-corrected chi connectivity index (χ3v) is 3.98. The first kappa shape index (κ1) is 15.0. The van der Waals surface area contributed by atoms with Crippen molar-refractivity contribution in [2.75, 3.05) is 19.4 Å². The zero-order chi connectivity index (χ0) is 13.8. The van der Waals surface area contributed by atoms with Crippen LogP contribution in [0.1, 0.15) is 20.3 Å². The highest BCUT2D eigenvalue weighted by molar-refractivity contribution is 7.90. The van der Waals surface area contributed by atoms with E-state index in [1.165, 1.54) is 6.26 Å². The standard InChI is InChI=1S/C13H21NO3S/c1-13(2,10-14)8-9-17-11-4-6-12(7-5-11)18(3,15)16/h4-7H,8-10,14H2,1-3H3. The fraction of sp³-hybridized carbons (Fsp3) is 0.538. The molecule has 0 saturated heterocycles. The average molecular weight is 271 g/mol. The highest BCUT2D eigenvalue weighted by atomic mass is 32.2. The molecule has 0 aliphatic rings. The van der Waals surface area contributed by atoms with Crippen molar-refractivity contribution in [3.8, 4) is 5.75 Å². The van der Waals surface area contributed by atoms with Crippen LogP contribution < -0.4 is 10.5 Å². The number of nitrogens with two attached hydrogens (primary N) is 1. The molecular formula is C13H21NO3S. The normalized spacial score (nSPS) is 12.4. The van der Waals surface area contributed by atoms with Crippen LogP contribution in [0.2, 0.25) is 0 Å². The molecule has 102 valence electrons. The Morgan fingerprint density at radius 1 is 1.22 bits per heavy atom. The Labute approximate surface area is 109 Å². The molecular weight excluding hydrogens is 250 g/mol. The second-order valence-corrected chi connectivity index (χ2v) is 7.23. The van der Waals surface area contributed by atoms with Gasteiger partial charge in [0.2, 0.25) is 0 Å². The molecule has 0 fully saturated rings. The third kappa shape index (κ3) is 4.66. The molecule has 1 rings (SSSR count). The molecule has 0 aliphatic carbocycles. The lowest BCUT2D eigenvalue weighted by Crippen LogP contribution is -2.25. The van der Waals surface area contributed by atoms with Crippen molar-refractivity contribution in [1.29, 1.82) is 0 Å². The molecule has 0 heterocycles. The SMILES string of the molecule is CC(C)(CN)CCOc1ccc(S(C)(=O)=O)cc1. The van der Waals surface area contributed by atoms with Crippen LogP contribution in [0.3, 0.4) is 0 Å². The van der Waals surface area contributed by atoms with Crippen LogP contribution >= 0.6 is 0 Å². The Morgan fingerprint density at radius 2 is 1.78 bits per heavy atom. The summed E-state index contributed by atoms with van der Waals surface area (Å²) in [6.07, 6.45) is 2.05. The number of benzene rings is 1. The van der Waals surface area contributed by atoms with Gasteiger partial charge in [-0.1, -0.05) is 13.8 Å². The topological polar surface area (TPSA) is 69.4 Å². The molecule has 5 heteroatoms. The van der Waals surface area contributed by atoms with E-state index < -0.39 is 9.84 Å². The molecule has 1 aromatic rings. The van der Waals surface area contributed by atoms with Crippen molar-refractivity contribution in [3.63, 3.8) is 0 Å². The minimum atomic E-state index is -3.14. The summed E-state index contributed by atoms with van der Waals surface area (Å²) >= 11 is 0. The molecule has 0 bridgehead atoms. The maximum atomic E-state index is 11.3. The third-order valence-electron chi connectivity index (χ3n) is 2.85. The first-order chi connectivity index (χ1) is 8.24. The van der Waals surface area contributed by atoms with Gasteiger partial charge in [-0.3, -0.25) is 0 Å². The summed E-state index contributed by atoms with van der Waals surface area (Å²) < 4.78 is 28.1. The second kappa shape index (κ2) is 5.71. The van der Waals surface area contributed by atoms with Gasteiger partial charge in [0.05, 0.1) is 11.5 Å². The van der Waals surface area contributed by atoms with E-state index in [-0.39, 0.29) is 5.41 Å². The van der Waals surface area contributed by atoms with Crippen LogP contribution in [-0.4, -0.2) is 27.8 Å². The molecule has 0 unspecified atom stereocenters. The fourth-order valence-electron chi connectivity index (χ4n) is 1.33. The number of hydrogen-bond donors (Lipinski definition) is 1. The maximum Gasteiger partial charge on any atom is 0.175 e. The fourth-order valence-corrected chi connectivity index (χ4v) is 1.96. The highest BCUT2D eigenvalue weighted by Crippen LogP contribution is 2.20. The van der Waals surface area contributed by atoms with Crippen LogP contribution in [0.4, 0.5) is 0 Å². The van der Waals surface area contributed by atoms with Gasteiger partial charge in [-0.2, -0.15) is 0 Å². The summed E-state index contributed by atoms with van der Waals surface area (Å²) in [5, 5.41) is 0. The first-order valence-electron chi connectivity index (χ1n) is 5.88. The second-order valence-electron chi connectivity index (χ2n) is 5.21. The van der Waals surface area contributed by atoms with Gasteiger partial charge in [0, 0.05) is 6.26 Å². The summed E-state index contributed by atoms with van der Waals surface area (Å²) in [5.74, 6) is 0.676. The van der Waals surface area contributed by atoms with Crippen molar-refractivity contribution in [2.24, 2.45) is 11.1 Å². The van der Waals surface area contributed by atoms with Gasteiger partial charge in [0.15, 0.2) is 9.84 Å². The van der Waals surface area contributed by atoms with E-state index in [4.69, 9.17) is 10.5 Å². The van der Waals surface area contributed by atoms with E-state index in [1.807, 2.05) is 0 Å². The summed E-state index contributed by atoms with van der Waals surface area (Å²) in [4.78, 5) is 0.303. The van der Waals surface area contributed by atoms with E-state index in [0.717, 1.165) is 6.42 Å². The molecule has 0 spiro atoms. The minimum absolute atomic E-state index is 0.0622. The van der Waals surface area contributed by atoms with E-state index >= 15 is 0 Å². The van der Waals surface area contributed by atoms with Gasteiger partial charge in [0.1, 0.15) is 5.75 Å². The number of sulfone groups is 1. The predicted molar refractivity (Wildman–Crippen MR) is 72.5 cm³/mol. The van der Waals surface area contributed by atoms with E-state index in [0.29, 0.717) is 23.8 Å². The van der Waals surface area contributed by atoms with Crippen LogP contribution in [0.15, 0.2) is 29.2 Å². The zero-order valence-corrected chi connectivity index (χ0v) is 12.0. The molecule has 0 radical (unpaired) electrons. The molecule has 0 saturated carbocycles. The predicted octanol–water partition coefficient (Wildman–Crippen LogP) is 1.84. The van der Waals surface area contributed by atoms with Crippen LogP contribution in [0, 0.1) is 5.41 Å². The Bertz CT molecular complexity index is 477. The van der Waals surface area contributed by atoms with Crippen molar-refractivity contribution >= 4 is 9.84 Å². The Hall–Kier alpha value is -1.07. The molecule has 0 aromatic heterocycles. The molecule has 0 aliphatic heterocycles. The summed E-state index contributed by atoms with van der Waals surface area (Å²) in [6.45, 7) is 5.36. The van der Waals surface area contributed by atoms with Crippen LogP contribution in [0.25, 0.3) is 0 Å². The zero-order valence-electron chi connectivity index (χ0n) is 11.1. The molecule has 0 amide bonds. The van der Waals surface area contributed by atoms with E-state index in [2.05, 4.69) is 13.8 Å². The number of ether oxygens (including phenoxy) is 1. The Kier molecular flexibility index (Phi) is 4.76. The molecule has 0 atom stereocenters. The molecule has 2 N–H and O–H groups in total. The summed E-state index contributed by atoms with van der Waals surface area (Å²) in [7, 11) is -3.14. The van der Waals surface area contributed by atoms with Crippen molar-refractivity contribution in [3.05, 3.63) is 24.3 Å². The largest absolute Gasteiger partial charge is 0.494 e. The minimum Gasteiger partial charge on any atom is -0.494 e. The lowest BCUT2D eigenvalue weighted by molar-refractivity contribution is 0.233. The van der Waals surface area contributed by atoms with Crippen molar-refractivity contribution < 1.29 is 13.2 Å². The average Bonchev–Trinajstić information content (AvgIpc) is 2.28. The number of hydrogen-bond acceptors (Lipinski definition) is 4. The maximum absolute atomic E-state index is 11.3. The van der Waals surface area contributed by atoms with Crippen molar-refractivity contribution in [1.82, 2.24) is 0 Å². The molecule has 4 nitrogen and oxygen atoms in total. The number of rotatable bonds is 6. The quantitative estimate of drug-likeness (QED) is 0.857. The van der Waals surface area contributed by atoms with Gasteiger partial charge < -0.3 is 10.5 Å². The lowest BCUT2D eigenvalue weighted by Gasteiger charge is -2.22. The van der Waals surface area contributed by atoms with Gasteiger partial charge in [0.25, 0.3) is 0 Å². The van der Waals surface area contributed by atoms with Crippen LogP contribution in [-0.2, 0) is 9.84 Å². The van der Waals surface area contributed by atoms with Gasteiger partial charge in [-0.25, -0.2) is 8.42 Å². The Morgan fingerprint density at radius 3 is 2.22 bits per heavy atom. The van der Waals surface area contributed by atoms with Gasteiger partial charge in [-0.05, 0) is 42.6 Å². The molecule has 1 aromatic carbocycles. The highest BCUT2D eigenvalue weighted by Gasteiger charge is 2.15. The van der Waals surface area contributed by atoms with E-state index in [1.54, 1.807) is 24.3 Å². The first-order valence-corrected chi connectivity index (χ1v) is 7.77. The van der Waals surface area contributed by atoms with Gasteiger partial charge >= 0.3 is 0 Å². The van der Waals surface area contributed by atoms with Crippen LogP contribution in [0.5, 0.6) is 5.75 Å².